The lowest BCUT2D eigenvalue weighted by Crippen LogP contribution is -2.30. The van der Waals surface area contributed by atoms with Gasteiger partial charge in [0.1, 0.15) is 0 Å². The predicted octanol–water partition coefficient (Wildman–Crippen LogP) is 3.53. The quantitative estimate of drug-likeness (QED) is 0.696. The molecule has 2 aromatic carbocycles. The lowest BCUT2D eigenvalue weighted by Gasteiger charge is -2.09. The van der Waals surface area contributed by atoms with Gasteiger partial charge in [0.25, 0.3) is 5.22 Å². The van der Waals surface area contributed by atoms with Crippen molar-refractivity contribution < 1.29 is 9.21 Å². The second-order valence-electron chi connectivity index (χ2n) is 5.20. The molecule has 0 spiro atoms. The number of benzene rings is 2. The van der Waals surface area contributed by atoms with Gasteiger partial charge in [-0.2, -0.15) is 0 Å². The van der Waals surface area contributed by atoms with Crippen molar-refractivity contribution in [1.29, 1.82) is 0 Å². The highest BCUT2D eigenvalue weighted by Crippen LogP contribution is 2.26. The van der Waals surface area contributed by atoms with Crippen LogP contribution in [0.4, 0.5) is 0 Å². The third-order valence-electron chi connectivity index (χ3n) is 3.38. The Morgan fingerprint density at radius 3 is 2.46 bits per heavy atom. The van der Waals surface area contributed by atoms with Gasteiger partial charge in [-0.15, -0.1) is 10.2 Å². The Hall–Kier alpha value is -2.60. The van der Waals surface area contributed by atoms with E-state index in [2.05, 4.69) is 15.5 Å². The molecule has 1 atom stereocenters. The van der Waals surface area contributed by atoms with Gasteiger partial charge in [-0.1, -0.05) is 60.3 Å². The van der Waals surface area contributed by atoms with Crippen LogP contribution in [-0.2, 0) is 11.3 Å². The summed E-state index contributed by atoms with van der Waals surface area (Å²) in [5, 5.41) is 11.0. The van der Waals surface area contributed by atoms with Gasteiger partial charge < -0.3 is 9.73 Å². The highest BCUT2D eigenvalue weighted by Gasteiger charge is 2.18. The summed E-state index contributed by atoms with van der Waals surface area (Å²) < 4.78 is 5.61. The number of carbonyl (C=O) groups excluding carboxylic acids is 1. The van der Waals surface area contributed by atoms with Crippen molar-refractivity contribution in [3.8, 4) is 11.5 Å². The zero-order valence-corrected chi connectivity index (χ0v) is 14.0. The number of nitrogens with one attached hydrogen (secondary N) is 1. The first kappa shape index (κ1) is 16.3. The highest BCUT2D eigenvalue weighted by atomic mass is 32.2. The topological polar surface area (TPSA) is 68.0 Å². The van der Waals surface area contributed by atoms with Gasteiger partial charge >= 0.3 is 0 Å². The van der Waals surface area contributed by atoms with Crippen molar-refractivity contribution in [3.63, 3.8) is 0 Å². The highest BCUT2D eigenvalue weighted by molar-refractivity contribution is 8.00. The monoisotopic (exact) mass is 339 g/mol. The Balaban J connectivity index is 1.55. The van der Waals surface area contributed by atoms with E-state index < -0.39 is 0 Å². The van der Waals surface area contributed by atoms with E-state index in [1.54, 1.807) is 0 Å². The molecule has 3 rings (SSSR count). The smallest absolute Gasteiger partial charge is 0.277 e. The average Bonchev–Trinajstić information content (AvgIpc) is 3.10. The van der Waals surface area contributed by atoms with Crippen LogP contribution in [0.25, 0.3) is 11.5 Å². The van der Waals surface area contributed by atoms with Crippen molar-refractivity contribution in [3.05, 3.63) is 66.2 Å². The molecule has 1 aromatic heterocycles. The molecule has 0 aliphatic rings. The van der Waals surface area contributed by atoms with E-state index in [-0.39, 0.29) is 11.2 Å². The van der Waals surface area contributed by atoms with E-state index in [9.17, 15) is 4.79 Å². The van der Waals surface area contributed by atoms with Crippen molar-refractivity contribution in [2.24, 2.45) is 0 Å². The first-order valence-electron chi connectivity index (χ1n) is 7.59. The van der Waals surface area contributed by atoms with Crippen LogP contribution in [0.1, 0.15) is 12.5 Å². The summed E-state index contributed by atoms with van der Waals surface area (Å²) in [6.07, 6.45) is 0. The average molecular weight is 339 g/mol. The van der Waals surface area contributed by atoms with Gasteiger partial charge in [0, 0.05) is 12.1 Å². The van der Waals surface area contributed by atoms with Crippen LogP contribution in [-0.4, -0.2) is 21.4 Å². The van der Waals surface area contributed by atoms with Crippen LogP contribution < -0.4 is 5.32 Å². The molecule has 1 heterocycles. The van der Waals surface area contributed by atoms with E-state index in [0.29, 0.717) is 17.7 Å². The molecule has 5 nitrogen and oxygen atoms in total. The van der Waals surface area contributed by atoms with Crippen LogP contribution >= 0.6 is 11.8 Å². The molecule has 3 aromatic rings. The Morgan fingerprint density at radius 2 is 1.75 bits per heavy atom. The zero-order valence-electron chi connectivity index (χ0n) is 13.2. The van der Waals surface area contributed by atoms with Crippen molar-refractivity contribution >= 4 is 17.7 Å². The van der Waals surface area contributed by atoms with Crippen LogP contribution in [0, 0.1) is 0 Å². The number of thioether (sulfide) groups is 1. The molecule has 0 bridgehead atoms. The SMILES string of the molecule is C[C@H](Sc1nnc(-c2ccccc2)o1)C(=O)NCc1ccccc1. The molecule has 122 valence electrons. The molecule has 0 saturated carbocycles. The molecular formula is C18H17N3O2S. The van der Waals surface area contributed by atoms with E-state index >= 15 is 0 Å². The molecule has 1 N–H and O–H groups in total. The molecule has 0 unspecified atom stereocenters. The summed E-state index contributed by atoms with van der Waals surface area (Å²) in [7, 11) is 0. The van der Waals surface area contributed by atoms with Crippen LogP contribution in [0.3, 0.4) is 0 Å². The predicted molar refractivity (Wildman–Crippen MR) is 93.3 cm³/mol. The van der Waals surface area contributed by atoms with E-state index in [0.717, 1.165) is 11.1 Å². The first-order valence-corrected chi connectivity index (χ1v) is 8.47. The minimum Gasteiger partial charge on any atom is -0.411 e. The molecule has 6 heteroatoms. The van der Waals surface area contributed by atoms with E-state index in [4.69, 9.17) is 4.42 Å². The Bertz CT molecular complexity index is 790. The maximum absolute atomic E-state index is 12.2. The number of hydrogen-bond acceptors (Lipinski definition) is 5. The van der Waals surface area contributed by atoms with E-state index in [1.807, 2.05) is 67.6 Å². The fourth-order valence-electron chi connectivity index (χ4n) is 2.09. The third kappa shape index (κ3) is 4.23. The summed E-state index contributed by atoms with van der Waals surface area (Å²) in [5.41, 5.74) is 1.92. The molecule has 24 heavy (non-hydrogen) atoms. The van der Waals surface area contributed by atoms with Gasteiger partial charge in [-0.25, -0.2) is 0 Å². The third-order valence-corrected chi connectivity index (χ3v) is 4.32. The number of nitrogens with zero attached hydrogens (tertiary/aromatic N) is 2. The summed E-state index contributed by atoms with van der Waals surface area (Å²) in [6.45, 7) is 2.32. The maximum Gasteiger partial charge on any atom is 0.277 e. The minimum absolute atomic E-state index is 0.0664. The number of aromatic nitrogens is 2. The lowest BCUT2D eigenvalue weighted by atomic mass is 10.2. The summed E-state index contributed by atoms with van der Waals surface area (Å²) in [5.74, 6) is 0.387. The zero-order chi connectivity index (χ0) is 16.8. The van der Waals surface area contributed by atoms with Crippen LogP contribution in [0.5, 0.6) is 0 Å². The van der Waals surface area contributed by atoms with Gasteiger partial charge in [0.05, 0.1) is 5.25 Å². The molecule has 0 aliphatic carbocycles. The molecule has 0 fully saturated rings. The number of carbonyl (C=O) groups is 1. The van der Waals surface area contributed by atoms with Gasteiger partial charge in [0.2, 0.25) is 11.8 Å². The molecule has 0 aliphatic heterocycles. The van der Waals surface area contributed by atoms with Crippen molar-refractivity contribution in [2.75, 3.05) is 0 Å². The number of hydrogen-bond donors (Lipinski definition) is 1. The molecular weight excluding hydrogens is 322 g/mol. The minimum atomic E-state index is -0.321. The standard InChI is InChI=1S/C18H17N3O2S/c1-13(16(22)19-12-14-8-4-2-5-9-14)24-18-21-20-17(23-18)15-10-6-3-7-11-15/h2-11,13H,12H2,1H3,(H,19,22)/t13-/m0/s1. The molecule has 0 radical (unpaired) electrons. The van der Waals surface area contributed by atoms with Gasteiger partial charge in [-0.05, 0) is 24.6 Å². The van der Waals surface area contributed by atoms with E-state index in [1.165, 1.54) is 11.8 Å². The fourth-order valence-corrected chi connectivity index (χ4v) is 2.80. The molecule has 0 saturated heterocycles. The Morgan fingerprint density at radius 1 is 1.08 bits per heavy atom. The van der Waals surface area contributed by atoms with Crippen molar-refractivity contribution in [1.82, 2.24) is 15.5 Å². The second kappa shape index (κ2) is 7.79. The van der Waals surface area contributed by atoms with Gasteiger partial charge in [-0.3, -0.25) is 4.79 Å². The Kier molecular flexibility index (Phi) is 5.28. The fraction of sp³-hybridized carbons (Fsp3) is 0.167. The normalized spacial score (nSPS) is 11.9. The lowest BCUT2D eigenvalue weighted by molar-refractivity contribution is -0.120. The summed E-state index contributed by atoms with van der Waals surface area (Å²) in [4.78, 5) is 12.2. The van der Waals surface area contributed by atoms with Gasteiger partial charge in [0.15, 0.2) is 0 Å². The molecule has 1 amide bonds. The van der Waals surface area contributed by atoms with Crippen LogP contribution in [0.2, 0.25) is 0 Å². The number of rotatable bonds is 6. The summed E-state index contributed by atoms with van der Waals surface area (Å²) >= 11 is 1.25. The van der Waals surface area contributed by atoms with Crippen LogP contribution in [0.15, 0.2) is 70.3 Å². The number of amides is 1. The largest absolute Gasteiger partial charge is 0.411 e. The first-order chi connectivity index (χ1) is 11.7. The summed E-state index contributed by atoms with van der Waals surface area (Å²) in [6, 6.07) is 19.3. The Labute approximate surface area is 144 Å². The maximum atomic E-state index is 12.2. The second-order valence-corrected chi connectivity index (χ2v) is 6.49. The van der Waals surface area contributed by atoms with Crippen molar-refractivity contribution in [2.45, 2.75) is 23.9 Å².